The molecule has 0 N–H and O–H groups in total. The molecule has 0 aliphatic rings. The lowest BCUT2D eigenvalue weighted by Crippen LogP contribution is -2.04. The number of hydrogen-bond donors (Lipinski definition) is 0. The molecule has 0 saturated heterocycles. The summed E-state index contributed by atoms with van der Waals surface area (Å²) >= 11 is 8.94. The van der Waals surface area contributed by atoms with Crippen LogP contribution in [0, 0.1) is 11.7 Å². The standard InChI is InChI=1S/C12H13BrClFO/c1-7(2)3-4-12(16)8-5-10(14)9(13)6-11(8)15/h5-7H,3-4H2,1-2H3. The van der Waals surface area contributed by atoms with E-state index in [1.165, 1.54) is 12.1 Å². The molecule has 1 rings (SSSR count). The summed E-state index contributed by atoms with van der Waals surface area (Å²) in [6.45, 7) is 4.05. The highest BCUT2D eigenvalue weighted by Crippen LogP contribution is 2.26. The quantitative estimate of drug-likeness (QED) is 0.573. The molecular weight excluding hydrogens is 294 g/mol. The lowest BCUT2D eigenvalue weighted by molar-refractivity contribution is 0.0971. The van der Waals surface area contributed by atoms with Crippen molar-refractivity contribution in [3.63, 3.8) is 0 Å². The Morgan fingerprint density at radius 3 is 2.69 bits per heavy atom. The minimum atomic E-state index is -0.523. The normalized spacial score (nSPS) is 10.9. The average molecular weight is 308 g/mol. The molecule has 0 aliphatic carbocycles. The van der Waals surface area contributed by atoms with E-state index in [0.717, 1.165) is 6.42 Å². The molecule has 0 aromatic heterocycles. The Bertz CT molecular complexity index is 404. The Morgan fingerprint density at radius 2 is 2.12 bits per heavy atom. The van der Waals surface area contributed by atoms with Gasteiger partial charge in [-0.1, -0.05) is 25.4 Å². The molecule has 0 fully saturated rings. The van der Waals surface area contributed by atoms with E-state index in [-0.39, 0.29) is 11.3 Å². The maximum Gasteiger partial charge on any atom is 0.165 e. The lowest BCUT2D eigenvalue weighted by Gasteiger charge is -2.06. The van der Waals surface area contributed by atoms with Crippen molar-refractivity contribution in [2.75, 3.05) is 0 Å². The molecule has 0 aliphatic heterocycles. The van der Waals surface area contributed by atoms with E-state index >= 15 is 0 Å². The van der Waals surface area contributed by atoms with Gasteiger partial charge in [0, 0.05) is 10.9 Å². The molecule has 1 nitrogen and oxygen atoms in total. The van der Waals surface area contributed by atoms with E-state index in [0.29, 0.717) is 21.8 Å². The van der Waals surface area contributed by atoms with Gasteiger partial charge >= 0.3 is 0 Å². The predicted octanol–water partition coefficient (Wildman–Crippen LogP) is 4.86. The largest absolute Gasteiger partial charge is 0.294 e. The summed E-state index contributed by atoms with van der Waals surface area (Å²) in [6, 6.07) is 2.61. The first kappa shape index (κ1) is 13.7. The summed E-state index contributed by atoms with van der Waals surface area (Å²) < 4.78 is 14.0. The van der Waals surface area contributed by atoms with Crippen molar-refractivity contribution >= 4 is 33.3 Å². The first-order chi connectivity index (χ1) is 7.41. The number of benzene rings is 1. The average Bonchev–Trinajstić information content (AvgIpc) is 2.20. The molecule has 0 amide bonds. The monoisotopic (exact) mass is 306 g/mol. The molecule has 1 aromatic carbocycles. The van der Waals surface area contributed by atoms with Crippen LogP contribution in [0.1, 0.15) is 37.0 Å². The number of hydrogen-bond acceptors (Lipinski definition) is 1. The molecule has 0 radical (unpaired) electrons. The Labute approximate surface area is 108 Å². The molecule has 0 saturated carbocycles. The number of carbonyl (C=O) groups is 1. The van der Waals surface area contributed by atoms with Gasteiger partial charge in [0.25, 0.3) is 0 Å². The number of Topliss-reactive ketones (excluding diaryl/α,β-unsaturated/α-hetero) is 1. The Balaban J connectivity index is 2.87. The number of halogens is 3. The zero-order chi connectivity index (χ0) is 12.3. The summed E-state index contributed by atoms with van der Waals surface area (Å²) in [5, 5.41) is 0.356. The molecule has 0 atom stereocenters. The highest BCUT2D eigenvalue weighted by Gasteiger charge is 2.14. The van der Waals surface area contributed by atoms with Crippen LogP contribution in [0.2, 0.25) is 5.02 Å². The maximum absolute atomic E-state index is 13.5. The third-order valence-electron chi connectivity index (χ3n) is 2.26. The molecule has 0 unspecified atom stereocenters. The van der Waals surface area contributed by atoms with Gasteiger partial charge in [-0.05, 0) is 40.4 Å². The summed E-state index contributed by atoms with van der Waals surface area (Å²) in [7, 11) is 0. The van der Waals surface area contributed by atoms with Crippen LogP contribution in [-0.2, 0) is 0 Å². The first-order valence-electron chi connectivity index (χ1n) is 5.09. The van der Waals surface area contributed by atoms with E-state index in [2.05, 4.69) is 15.9 Å². The topological polar surface area (TPSA) is 17.1 Å². The highest BCUT2D eigenvalue weighted by atomic mass is 79.9. The van der Waals surface area contributed by atoms with Crippen LogP contribution in [0.5, 0.6) is 0 Å². The molecule has 1 aromatic rings. The van der Waals surface area contributed by atoms with Crippen molar-refractivity contribution in [2.24, 2.45) is 5.92 Å². The van der Waals surface area contributed by atoms with Crippen LogP contribution in [0.3, 0.4) is 0 Å². The second kappa shape index (κ2) is 5.78. The van der Waals surface area contributed by atoms with Gasteiger partial charge in [0.1, 0.15) is 5.82 Å². The predicted molar refractivity (Wildman–Crippen MR) is 67.5 cm³/mol. The van der Waals surface area contributed by atoms with Crippen molar-refractivity contribution in [3.8, 4) is 0 Å². The molecule has 16 heavy (non-hydrogen) atoms. The van der Waals surface area contributed by atoms with Crippen LogP contribution in [0.15, 0.2) is 16.6 Å². The highest BCUT2D eigenvalue weighted by molar-refractivity contribution is 9.10. The van der Waals surface area contributed by atoms with Gasteiger partial charge in [-0.3, -0.25) is 4.79 Å². The van der Waals surface area contributed by atoms with Gasteiger partial charge in [-0.25, -0.2) is 4.39 Å². The second-order valence-corrected chi connectivity index (χ2v) is 5.36. The second-order valence-electron chi connectivity index (χ2n) is 4.10. The van der Waals surface area contributed by atoms with Crippen LogP contribution < -0.4 is 0 Å². The van der Waals surface area contributed by atoms with Gasteiger partial charge in [-0.15, -0.1) is 0 Å². The summed E-state index contributed by atoms with van der Waals surface area (Å²) in [6.07, 6.45) is 1.11. The fourth-order valence-electron chi connectivity index (χ4n) is 1.29. The Hall–Kier alpha value is -0.410. The Kier molecular flexibility index (Phi) is 4.93. The van der Waals surface area contributed by atoms with Crippen LogP contribution in [-0.4, -0.2) is 5.78 Å². The smallest absolute Gasteiger partial charge is 0.165 e. The first-order valence-corrected chi connectivity index (χ1v) is 6.26. The van der Waals surface area contributed by atoms with Crippen molar-refractivity contribution in [3.05, 3.63) is 33.0 Å². The number of carbonyl (C=O) groups excluding carboxylic acids is 1. The Morgan fingerprint density at radius 1 is 1.50 bits per heavy atom. The summed E-state index contributed by atoms with van der Waals surface area (Å²) in [5.41, 5.74) is 0.0776. The molecule has 0 spiro atoms. The van der Waals surface area contributed by atoms with Crippen molar-refractivity contribution in [1.82, 2.24) is 0 Å². The SMILES string of the molecule is CC(C)CCC(=O)c1cc(Cl)c(Br)cc1F. The van der Waals surface area contributed by atoms with Gasteiger partial charge < -0.3 is 0 Å². The fourth-order valence-corrected chi connectivity index (χ4v) is 1.77. The summed E-state index contributed by atoms with van der Waals surface area (Å²) in [4.78, 5) is 11.7. The van der Waals surface area contributed by atoms with Crippen molar-refractivity contribution in [1.29, 1.82) is 0 Å². The van der Waals surface area contributed by atoms with Crippen molar-refractivity contribution < 1.29 is 9.18 Å². The van der Waals surface area contributed by atoms with Gasteiger partial charge in [-0.2, -0.15) is 0 Å². The molecule has 4 heteroatoms. The molecular formula is C12H13BrClFO. The molecule has 0 heterocycles. The maximum atomic E-state index is 13.5. The third kappa shape index (κ3) is 3.56. The minimum absolute atomic E-state index is 0.0776. The van der Waals surface area contributed by atoms with Crippen LogP contribution >= 0.6 is 27.5 Å². The van der Waals surface area contributed by atoms with Crippen LogP contribution in [0.25, 0.3) is 0 Å². The van der Waals surface area contributed by atoms with E-state index in [4.69, 9.17) is 11.6 Å². The van der Waals surface area contributed by atoms with Gasteiger partial charge in [0.05, 0.1) is 10.6 Å². The third-order valence-corrected chi connectivity index (χ3v) is 3.46. The molecule has 0 bridgehead atoms. The minimum Gasteiger partial charge on any atom is -0.294 e. The number of rotatable bonds is 4. The van der Waals surface area contributed by atoms with Gasteiger partial charge in [0.2, 0.25) is 0 Å². The van der Waals surface area contributed by atoms with Crippen molar-refractivity contribution in [2.45, 2.75) is 26.7 Å². The zero-order valence-electron chi connectivity index (χ0n) is 9.19. The van der Waals surface area contributed by atoms with E-state index in [1.54, 1.807) is 0 Å². The van der Waals surface area contributed by atoms with Gasteiger partial charge in [0.15, 0.2) is 5.78 Å². The summed E-state index contributed by atoms with van der Waals surface area (Å²) in [5.74, 6) is -0.288. The molecule has 88 valence electrons. The van der Waals surface area contributed by atoms with E-state index in [9.17, 15) is 9.18 Å². The van der Waals surface area contributed by atoms with Crippen LogP contribution in [0.4, 0.5) is 4.39 Å². The van der Waals surface area contributed by atoms with E-state index in [1.807, 2.05) is 13.8 Å². The lowest BCUT2D eigenvalue weighted by atomic mass is 10.0. The zero-order valence-corrected chi connectivity index (χ0v) is 11.5. The number of ketones is 1. The van der Waals surface area contributed by atoms with E-state index < -0.39 is 5.82 Å². The fraction of sp³-hybridized carbons (Fsp3) is 0.417.